The van der Waals surface area contributed by atoms with Gasteiger partial charge in [0.05, 0.1) is 27.9 Å². The van der Waals surface area contributed by atoms with E-state index in [2.05, 4.69) is 173 Å². The summed E-state index contributed by atoms with van der Waals surface area (Å²) in [5.74, 6) is 0. The molecule has 3 aromatic heterocycles. The van der Waals surface area contributed by atoms with Crippen molar-refractivity contribution in [3.63, 3.8) is 0 Å². The number of fused-ring (bicyclic) bond motifs is 15. The normalized spacial score (nSPS) is 12.3. The molecule has 0 amide bonds. The van der Waals surface area contributed by atoms with Crippen molar-refractivity contribution in [1.29, 1.82) is 0 Å². The molecule has 0 aliphatic carbocycles. The Kier molecular flexibility index (Phi) is 5.23. The number of hydrogen-bond donors (Lipinski definition) is 0. The van der Waals surface area contributed by atoms with Crippen LogP contribution in [0.1, 0.15) is 0 Å². The molecule has 0 atom stereocenters. The highest BCUT2D eigenvalue weighted by Crippen LogP contribution is 2.50. The Bertz CT molecular complexity index is 3350. The molecule has 0 fully saturated rings. The van der Waals surface area contributed by atoms with Crippen molar-refractivity contribution in [2.75, 3.05) is 4.90 Å². The Labute approximate surface area is 292 Å². The van der Waals surface area contributed by atoms with Crippen LogP contribution in [-0.4, -0.2) is 4.40 Å². The van der Waals surface area contributed by atoms with Crippen molar-refractivity contribution in [2.45, 2.75) is 0 Å². The average Bonchev–Trinajstić information content (AvgIpc) is 3.86. The van der Waals surface area contributed by atoms with E-state index in [9.17, 15) is 0 Å². The second-order valence-corrected chi connectivity index (χ2v) is 13.6. The first-order valence-electron chi connectivity index (χ1n) is 17.5. The van der Waals surface area contributed by atoms with Gasteiger partial charge in [-0.2, -0.15) is 0 Å². The molecular formula is C48H28N2O. The van der Waals surface area contributed by atoms with Gasteiger partial charge in [-0.05, 0) is 74.8 Å². The molecule has 0 saturated heterocycles. The molecule has 0 unspecified atom stereocenters. The maximum atomic E-state index is 6.77. The van der Waals surface area contributed by atoms with Crippen molar-refractivity contribution < 1.29 is 4.42 Å². The molecule has 0 bridgehead atoms. The molecule has 12 rings (SSSR count). The summed E-state index contributed by atoms with van der Waals surface area (Å²) in [6.07, 6.45) is 0. The van der Waals surface area contributed by atoms with Crippen molar-refractivity contribution in [1.82, 2.24) is 4.40 Å². The van der Waals surface area contributed by atoms with Crippen LogP contribution in [0.4, 0.5) is 17.1 Å². The maximum absolute atomic E-state index is 6.77. The molecule has 0 radical (unpaired) electrons. The molecule has 0 aliphatic heterocycles. The zero-order valence-corrected chi connectivity index (χ0v) is 27.5. The van der Waals surface area contributed by atoms with E-state index < -0.39 is 0 Å². The monoisotopic (exact) mass is 648 g/mol. The van der Waals surface area contributed by atoms with Crippen molar-refractivity contribution in [3.05, 3.63) is 170 Å². The maximum Gasteiger partial charge on any atom is 0.159 e. The van der Waals surface area contributed by atoms with Crippen LogP contribution in [0.15, 0.2) is 174 Å². The lowest BCUT2D eigenvalue weighted by molar-refractivity contribution is 0.669. The number of para-hydroxylation sites is 4. The van der Waals surface area contributed by atoms with E-state index in [0.717, 1.165) is 39.0 Å². The highest BCUT2D eigenvalue weighted by molar-refractivity contribution is 6.29. The molecule has 236 valence electrons. The van der Waals surface area contributed by atoms with Gasteiger partial charge >= 0.3 is 0 Å². The molecule has 0 saturated carbocycles. The summed E-state index contributed by atoms with van der Waals surface area (Å²) in [6.45, 7) is 0. The van der Waals surface area contributed by atoms with E-state index >= 15 is 0 Å². The zero-order chi connectivity index (χ0) is 33.2. The molecular weight excluding hydrogens is 621 g/mol. The van der Waals surface area contributed by atoms with Crippen LogP contribution in [0.5, 0.6) is 0 Å². The van der Waals surface area contributed by atoms with Gasteiger partial charge in [0.25, 0.3) is 0 Å². The lowest BCUT2D eigenvalue weighted by atomic mass is 9.94. The molecule has 9 aromatic carbocycles. The smallest absolute Gasteiger partial charge is 0.159 e. The number of furan rings is 1. The summed E-state index contributed by atoms with van der Waals surface area (Å²) < 4.78 is 9.22. The fourth-order valence-electron chi connectivity index (χ4n) is 8.98. The van der Waals surface area contributed by atoms with Crippen LogP contribution < -0.4 is 4.90 Å². The summed E-state index contributed by atoms with van der Waals surface area (Å²) in [6, 6.07) is 61.7. The van der Waals surface area contributed by atoms with E-state index in [0.29, 0.717) is 0 Å². The van der Waals surface area contributed by atoms with Gasteiger partial charge in [0, 0.05) is 38.0 Å². The molecule has 12 aromatic rings. The average molecular weight is 649 g/mol. The van der Waals surface area contributed by atoms with Gasteiger partial charge in [0.2, 0.25) is 0 Å². The minimum atomic E-state index is 0.876. The molecule has 3 heteroatoms. The second-order valence-electron chi connectivity index (χ2n) is 13.6. The van der Waals surface area contributed by atoms with Gasteiger partial charge in [0.15, 0.2) is 5.58 Å². The first-order valence-corrected chi connectivity index (χ1v) is 17.5. The van der Waals surface area contributed by atoms with Crippen LogP contribution in [0, 0.1) is 0 Å². The largest absolute Gasteiger partial charge is 0.454 e. The Balaban J connectivity index is 1.25. The topological polar surface area (TPSA) is 20.8 Å². The molecule has 0 spiro atoms. The van der Waals surface area contributed by atoms with Crippen LogP contribution in [-0.2, 0) is 0 Å². The van der Waals surface area contributed by atoms with Crippen molar-refractivity contribution in [3.8, 4) is 0 Å². The summed E-state index contributed by atoms with van der Waals surface area (Å²) in [5, 5.41) is 14.8. The Morgan fingerprint density at radius 1 is 0.373 bits per heavy atom. The number of hydrogen-bond acceptors (Lipinski definition) is 2. The number of anilines is 3. The molecule has 51 heavy (non-hydrogen) atoms. The van der Waals surface area contributed by atoms with Crippen LogP contribution in [0.25, 0.3) is 92.4 Å². The minimum Gasteiger partial charge on any atom is -0.454 e. The quantitative estimate of drug-likeness (QED) is 0.178. The highest BCUT2D eigenvalue weighted by Gasteiger charge is 2.26. The Morgan fingerprint density at radius 3 is 1.67 bits per heavy atom. The van der Waals surface area contributed by atoms with Gasteiger partial charge in [-0.25, -0.2) is 0 Å². The van der Waals surface area contributed by atoms with Crippen molar-refractivity contribution in [2.24, 2.45) is 0 Å². The fourth-order valence-corrected chi connectivity index (χ4v) is 8.98. The van der Waals surface area contributed by atoms with E-state index in [1.165, 1.54) is 70.4 Å². The fraction of sp³-hybridized carbons (Fsp3) is 0. The molecule has 0 aliphatic rings. The Morgan fingerprint density at radius 2 is 0.922 bits per heavy atom. The van der Waals surface area contributed by atoms with E-state index in [1.807, 2.05) is 6.07 Å². The third-order valence-corrected chi connectivity index (χ3v) is 11.1. The summed E-state index contributed by atoms with van der Waals surface area (Å²) in [4.78, 5) is 2.44. The molecule has 3 heterocycles. The number of aromatic nitrogens is 1. The van der Waals surface area contributed by atoms with Gasteiger partial charge in [0.1, 0.15) is 5.58 Å². The first-order chi connectivity index (χ1) is 25.3. The summed E-state index contributed by atoms with van der Waals surface area (Å²) in [5.41, 5.74) is 8.66. The molecule has 0 N–H and O–H groups in total. The lowest BCUT2D eigenvalue weighted by Gasteiger charge is -2.27. The summed E-state index contributed by atoms with van der Waals surface area (Å²) in [7, 11) is 0. The number of nitrogens with zero attached hydrogens (tertiary/aromatic N) is 2. The number of rotatable bonds is 3. The Hall–Kier alpha value is -6.84. The van der Waals surface area contributed by atoms with Crippen LogP contribution >= 0.6 is 0 Å². The highest BCUT2D eigenvalue weighted by atomic mass is 16.3. The summed E-state index contributed by atoms with van der Waals surface area (Å²) >= 11 is 0. The van der Waals surface area contributed by atoms with Crippen LogP contribution in [0.2, 0.25) is 0 Å². The van der Waals surface area contributed by atoms with Gasteiger partial charge in [-0.1, -0.05) is 127 Å². The second kappa shape index (κ2) is 9.87. The van der Waals surface area contributed by atoms with E-state index in [4.69, 9.17) is 4.42 Å². The lowest BCUT2D eigenvalue weighted by Crippen LogP contribution is -2.10. The van der Waals surface area contributed by atoms with Gasteiger partial charge in [-0.15, -0.1) is 0 Å². The predicted octanol–water partition coefficient (Wildman–Crippen LogP) is 13.7. The zero-order valence-electron chi connectivity index (χ0n) is 27.5. The molecule has 3 nitrogen and oxygen atoms in total. The SMILES string of the molecule is c1ccc2c(c1)oc1c(N(c3ccc4c5ccccc5c5ccccc5c4c3)c3ccc4c5ccccc5n5c6ccccc6c3c45)cccc12. The number of benzene rings is 9. The van der Waals surface area contributed by atoms with Gasteiger partial charge < -0.3 is 13.7 Å². The van der Waals surface area contributed by atoms with Gasteiger partial charge in [-0.3, -0.25) is 0 Å². The van der Waals surface area contributed by atoms with E-state index in [1.54, 1.807) is 0 Å². The van der Waals surface area contributed by atoms with Crippen LogP contribution in [0.3, 0.4) is 0 Å². The van der Waals surface area contributed by atoms with E-state index in [-0.39, 0.29) is 0 Å². The standard InChI is InChI=1S/C48H28N2O/c1-2-14-32-30(12-1)31-13-3-4-15-33(31)40-28-29(24-25-34(32)40)49(44-22-11-19-38-36-17-7-10-23-45(36)51-48(38)44)43-27-26-37-35-16-5-8-20-41(35)50-42-21-9-6-18-39(42)46(43)47(37)50/h1-28H. The van der Waals surface area contributed by atoms with Crippen molar-refractivity contribution >= 4 is 109 Å². The minimum absolute atomic E-state index is 0.876. The first kappa shape index (κ1) is 27.0. The predicted molar refractivity (Wildman–Crippen MR) is 216 cm³/mol. The third-order valence-electron chi connectivity index (χ3n) is 11.1. The third kappa shape index (κ3) is 3.52.